The first-order chi connectivity index (χ1) is 8.97. The quantitative estimate of drug-likeness (QED) is 0.812. The summed E-state index contributed by atoms with van der Waals surface area (Å²) in [4.78, 5) is 17.7. The minimum atomic E-state index is -0.471. The SMILES string of the molecule is Cc1nc(CN(C)C(=O)c2ccc(F)cc2N)n[nH]1. The van der Waals surface area contributed by atoms with Gasteiger partial charge in [0.05, 0.1) is 12.1 Å². The summed E-state index contributed by atoms with van der Waals surface area (Å²) in [6.45, 7) is 2.02. The normalized spacial score (nSPS) is 10.5. The van der Waals surface area contributed by atoms with Crippen LogP contribution in [0.5, 0.6) is 0 Å². The van der Waals surface area contributed by atoms with Crippen molar-refractivity contribution >= 4 is 11.6 Å². The van der Waals surface area contributed by atoms with Crippen LogP contribution >= 0.6 is 0 Å². The van der Waals surface area contributed by atoms with Gasteiger partial charge in [-0.05, 0) is 25.1 Å². The maximum Gasteiger partial charge on any atom is 0.256 e. The van der Waals surface area contributed by atoms with Crippen LogP contribution in [-0.2, 0) is 6.54 Å². The molecule has 19 heavy (non-hydrogen) atoms. The van der Waals surface area contributed by atoms with E-state index in [2.05, 4.69) is 15.2 Å². The van der Waals surface area contributed by atoms with Crippen molar-refractivity contribution in [3.63, 3.8) is 0 Å². The van der Waals surface area contributed by atoms with E-state index in [1.54, 1.807) is 14.0 Å². The summed E-state index contributed by atoms with van der Waals surface area (Å²) in [5.74, 6) is 0.410. The zero-order chi connectivity index (χ0) is 14.0. The van der Waals surface area contributed by atoms with E-state index in [-0.39, 0.29) is 23.7 Å². The molecule has 0 unspecified atom stereocenters. The van der Waals surface area contributed by atoms with E-state index in [0.717, 1.165) is 6.07 Å². The van der Waals surface area contributed by atoms with E-state index >= 15 is 0 Å². The minimum absolute atomic E-state index is 0.114. The number of amides is 1. The number of benzene rings is 1. The van der Waals surface area contributed by atoms with E-state index in [1.807, 2.05) is 0 Å². The molecule has 1 amide bonds. The second-order valence-corrected chi connectivity index (χ2v) is 4.23. The van der Waals surface area contributed by atoms with Crippen LogP contribution in [0.3, 0.4) is 0 Å². The average molecular weight is 263 g/mol. The van der Waals surface area contributed by atoms with Crippen LogP contribution in [0.15, 0.2) is 18.2 Å². The van der Waals surface area contributed by atoms with Crippen LogP contribution in [0.4, 0.5) is 10.1 Å². The first kappa shape index (κ1) is 13.0. The Hall–Kier alpha value is -2.44. The van der Waals surface area contributed by atoms with E-state index in [1.165, 1.54) is 17.0 Å². The van der Waals surface area contributed by atoms with Crippen molar-refractivity contribution in [3.05, 3.63) is 41.2 Å². The Labute approximate surface area is 109 Å². The molecule has 0 saturated heterocycles. The lowest BCUT2D eigenvalue weighted by atomic mass is 10.1. The molecule has 0 spiro atoms. The lowest BCUT2D eigenvalue weighted by molar-refractivity contribution is 0.0782. The number of aromatic nitrogens is 3. The number of halogens is 1. The van der Waals surface area contributed by atoms with Crippen LogP contribution in [0.2, 0.25) is 0 Å². The van der Waals surface area contributed by atoms with Crippen molar-refractivity contribution in [2.45, 2.75) is 13.5 Å². The molecule has 7 heteroatoms. The van der Waals surface area contributed by atoms with Crippen LogP contribution in [-0.4, -0.2) is 33.0 Å². The van der Waals surface area contributed by atoms with Gasteiger partial charge >= 0.3 is 0 Å². The molecular formula is C12H14FN5O. The third-order valence-corrected chi connectivity index (χ3v) is 2.61. The smallest absolute Gasteiger partial charge is 0.256 e. The predicted molar refractivity (Wildman–Crippen MR) is 67.7 cm³/mol. The Morgan fingerprint density at radius 1 is 1.53 bits per heavy atom. The Morgan fingerprint density at radius 2 is 2.26 bits per heavy atom. The summed E-state index contributed by atoms with van der Waals surface area (Å²) >= 11 is 0. The standard InChI is InChI=1S/C12H14FN5O/c1-7-15-11(17-16-7)6-18(2)12(19)9-4-3-8(13)5-10(9)14/h3-5H,6,14H2,1-2H3,(H,15,16,17). The maximum absolute atomic E-state index is 12.9. The van der Waals surface area contributed by atoms with Gasteiger partial charge in [0, 0.05) is 12.7 Å². The Balaban J connectivity index is 2.14. The molecule has 2 aromatic rings. The molecular weight excluding hydrogens is 249 g/mol. The number of nitrogen functional groups attached to an aromatic ring is 1. The first-order valence-corrected chi connectivity index (χ1v) is 5.65. The molecule has 6 nitrogen and oxygen atoms in total. The lowest BCUT2D eigenvalue weighted by Crippen LogP contribution is -2.27. The highest BCUT2D eigenvalue weighted by Crippen LogP contribution is 2.15. The maximum atomic E-state index is 12.9. The van der Waals surface area contributed by atoms with Gasteiger partial charge in [0.25, 0.3) is 5.91 Å². The van der Waals surface area contributed by atoms with Gasteiger partial charge in [0.2, 0.25) is 0 Å². The number of anilines is 1. The molecule has 0 bridgehead atoms. The van der Waals surface area contributed by atoms with Gasteiger partial charge < -0.3 is 10.6 Å². The second kappa shape index (κ2) is 5.05. The number of aryl methyl sites for hydroxylation is 1. The molecule has 0 aliphatic heterocycles. The number of nitrogens with one attached hydrogen (secondary N) is 1. The van der Waals surface area contributed by atoms with Crippen molar-refractivity contribution < 1.29 is 9.18 Å². The summed E-state index contributed by atoms with van der Waals surface area (Å²) in [5, 5.41) is 6.65. The Morgan fingerprint density at radius 3 is 2.84 bits per heavy atom. The van der Waals surface area contributed by atoms with Crippen molar-refractivity contribution in [1.29, 1.82) is 0 Å². The third-order valence-electron chi connectivity index (χ3n) is 2.61. The molecule has 0 saturated carbocycles. The predicted octanol–water partition coefficient (Wildman–Crippen LogP) is 1.11. The van der Waals surface area contributed by atoms with Crippen LogP contribution in [0.25, 0.3) is 0 Å². The molecule has 0 aliphatic carbocycles. The van der Waals surface area contributed by atoms with Crippen molar-refractivity contribution in [2.75, 3.05) is 12.8 Å². The number of hydrogen-bond donors (Lipinski definition) is 2. The summed E-state index contributed by atoms with van der Waals surface area (Å²) in [6.07, 6.45) is 0. The van der Waals surface area contributed by atoms with Gasteiger partial charge in [-0.2, -0.15) is 5.10 Å². The van der Waals surface area contributed by atoms with Gasteiger partial charge in [-0.15, -0.1) is 0 Å². The van der Waals surface area contributed by atoms with E-state index in [9.17, 15) is 9.18 Å². The van der Waals surface area contributed by atoms with Gasteiger partial charge in [-0.3, -0.25) is 9.89 Å². The number of nitrogens with zero attached hydrogens (tertiary/aromatic N) is 3. The molecule has 100 valence electrons. The fourth-order valence-electron chi connectivity index (χ4n) is 1.68. The monoisotopic (exact) mass is 263 g/mol. The highest BCUT2D eigenvalue weighted by Gasteiger charge is 2.16. The number of aromatic amines is 1. The summed E-state index contributed by atoms with van der Waals surface area (Å²) in [5.41, 5.74) is 6.01. The Kier molecular flexibility index (Phi) is 3.46. The van der Waals surface area contributed by atoms with Gasteiger partial charge in [-0.25, -0.2) is 9.37 Å². The topological polar surface area (TPSA) is 87.9 Å². The fraction of sp³-hybridized carbons (Fsp3) is 0.250. The van der Waals surface area contributed by atoms with Crippen LogP contribution in [0, 0.1) is 12.7 Å². The molecule has 1 aromatic carbocycles. The van der Waals surface area contributed by atoms with Gasteiger partial charge in [0.15, 0.2) is 5.82 Å². The van der Waals surface area contributed by atoms with E-state index < -0.39 is 5.82 Å². The average Bonchev–Trinajstić information content (AvgIpc) is 2.74. The molecule has 3 N–H and O–H groups in total. The van der Waals surface area contributed by atoms with Crippen molar-refractivity contribution in [1.82, 2.24) is 20.1 Å². The van der Waals surface area contributed by atoms with Crippen LogP contribution < -0.4 is 5.73 Å². The molecule has 0 radical (unpaired) electrons. The minimum Gasteiger partial charge on any atom is -0.398 e. The highest BCUT2D eigenvalue weighted by atomic mass is 19.1. The van der Waals surface area contributed by atoms with Crippen LogP contribution in [0.1, 0.15) is 22.0 Å². The fourth-order valence-corrected chi connectivity index (χ4v) is 1.68. The number of carbonyl (C=O) groups excluding carboxylic acids is 1. The van der Waals surface area contributed by atoms with E-state index in [4.69, 9.17) is 5.73 Å². The van der Waals surface area contributed by atoms with Gasteiger partial charge in [0.1, 0.15) is 11.6 Å². The molecule has 1 heterocycles. The zero-order valence-electron chi connectivity index (χ0n) is 10.6. The summed E-state index contributed by atoms with van der Waals surface area (Å²) in [6, 6.07) is 3.69. The van der Waals surface area contributed by atoms with Crippen molar-refractivity contribution in [3.8, 4) is 0 Å². The highest BCUT2D eigenvalue weighted by molar-refractivity contribution is 5.98. The molecule has 2 rings (SSSR count). The molecule has 1 aromatic heterocycles. The molecule has 0 fully saturated rings. The van der Waals surface area contributed by atoms with Crippen molar-refractivity contribution in [2.24, 2.45) is 0 Å². The Bertz CT molecular complexity index is 610. The molecule has 0 aliphatic rings. The number of carbonyl (C=O) groups is 1. The number of H-pyrrole nitrogens is 1. The zero-order valence-corrected chi connectivity index (χ0v) is 10.6. The third kappa shape index (κ3) is 2.87. The molecule has 0 atom stereocenters. The first-order valence-electron chi connectivity index (χ1n) is 5.65. The number of hydrogen-bond acceptors (Lipinski definition) is 4. The summed E-state index contributed by atoms with van der Waals surface area (Å²) < 4.78 is 12.9. The second-order valence-electron chi connectivity index (χ2n) is 4.23. The summed E-state index contributed by atoms with van der Waals surface area (Å²) in [7, 11) is 1.61. The number of rotatable bonds is 3. The van der Waals surface area contributed by atoms with E-state index in [0.29, 0.717) is 11.6 Å². The largest absolute Gasteiger partial charge is 0.398 e. The number of nitrogens with two attached hydrogens (primary N) is 1. The lowest BCUT2D eigenvalue weighted by Gasteiger charge is -2.16. The van der Waals surface area contributed by atoms with Gasteiger partial charge in [-0.1, -0.05) is 0 Å².